The Hall–Kier alpha value is -3.60. The molecule has 0 saturated heterocycles. The van der Waals surface area contributed by atoms with E-state index in [9.17, 15) is 9.59 Å². The zero-order valence-corrected chi connectivity index (χ0v) is 17.5. The van der Waals surface area contributed by atoms with Gasteiger partial charge >= 0.3 is 0 Å². The molecule has 0 atom stereocenters. The van der Waals surface area contributed by atoms with Gasteiger partial charge in [-0.1, -0.05) is 37.3 Å². The zero-order valence-electron chi connectivity index (χ0n) is 17.5. The highest BCUT2D eigenvalue weighted by Crippen LogP contribution is 2.20. The maximum absolute atomic E-state index is 12.8. The summed E-state index contributed by atoms with van der Waals surface area (Å²) in [6, 6.07) is 20.3. The number of para-hydroxylation sites is 1. The van der Waals surface area contributed by atoms with Gasteiger partial charge in [-0.2, -0.15) is 0 Å². The van der Waals surface area contributed by atoms with E-state index >= 15 is 0 Å². The highest BCUT2D eigenvalue weighted by atomic mass is 16.5. The predicted molar refractivity (Wildman–Crippen MR) is 120 cm³/mol. The van der Waals surface area contributed by atoms with Gasteiger partial charge in [-0.25, -0.2) is 0 Å². The lowest BCUT2D eigenvalue weighted by molar-refractivity contribution is -0.118. The van der Waals surface area contributed by atoms with Crippen LogP contribution in [0.25, 0.3) is 0 Å². The molecule has 0 saturated carbocycles. The van der Waals surface area contributed by atoms with Crippen molar-refractivity contribution in [2.24, 2.45) is 0 Å². The van der Waals surface area contributed by atoms with Gasteiger partial charge in [0.2, 0.25) is 0 Å². The summed E-state index contributed by atoms with van der Waals surface area (Å²) in [5, 5.41) is 5.66. The fourth-order valence-electron chi connectivity index (χ4n) is 3.00. The average Bonchev–Trinajstić information content (AvgIpc) is 2.75. The van der Waals surface area contributed by atoms with Crippen molar-refractivity contribution in [3.63, 3.8) is 0 Å². The Kier molecular flexibility index (Phi) is 6.86. The number of nitrogens with one attached hydrogen (secondary N) is 2. The van der Waals surface area contributed by atoms with Crippen LogP contribution in [0.2, 0.25) is 0 Å². The van der Waals surface area contributed by atoms with Crippen molar-refractivity contribution in [2.75, 3.05) is 17.2 Å². The molecule has 30 heavy (non-hydrogen) atoms. The lowest BCUT2D eigenvalue weighted by Gasteiger charge is -2.13. The second-order valence-corrected chi connectivity index (χ2v) is 7.14. The number of carbonyl (C=O) groups excluding carboxylic acids is 2. The molecule has 5 nitrogen and oxygen atoms in total. The molecule has 3 aromatic carbocycles. The number of benzene rings is 3. The molecule has 3 rings (SSSR count). The van der Waals surface area contributed by atoms with Gasteiger partial charge in [0.15, 0.2) is 6.61 Å². The highest BCUT2D eigenvalue weighted by Gasteiger charge is 2.14. The van der Waals surface area contributed by atoms with Gasteiger partial charge in [0.25, 0.3) is 11.8 Å². The number of anilines is 2. The fraction of sp³-hybridized carbons (Fsp3) is 0.200. The van der Waals surface area contributed by atoms with Crippen LogP contribution in [-0.4, -0.2) is 18.4 Å². The largest absolute Gasteiger partial charge is 0.484 e. The van der Waals surface area contributed by atoms with Crippen molar-refractivity contribution in [1.29, 1.82) is 0 Å². The maximum Gasteiger partial charge on any atom is 0.262 e. The minimum Gasteiger partial charge on any atom is -0.484 e. The number of aryl methyl sites for hydroxylation is 3. The van der Waals surface area contributed by atoms with E-state index in [1.54, 1.807) is 24.3 Å². The Morgan fingerprint density at radius 1 is 0.867 bits per heavy atom. The molecule has 5 heteroatoms. The normalized spacial score (nSPS) is 10.4. The summed E-state index contributed by atoms with van der Waals surface area (Å²) < 4.78 is 5.59. The van der Waals surface area contributed by atoms with Gasteiger partial charge in [-0.3, -0.25) is 9.59 Å². The van der Waals surface area contributed by atoms with E-state index in [4.69, 9.17) is 4.74 Å². The number of carbonyl (C=O) groups is 2. The Balaban J connectivity index is 1.65. The molecule has 0 fully saturated rings. The molecule has 0 heterocycles. The molecular formula is C25H26N2O3. The van der Waals surface area contributed by atoms with Crippen molar-refractivity contribution in [3.05, 3.63) is 89.0 Å². The number of rotatable bonds is 7. The second kappa shape index (κ2) is 9.74. The number of hydrogen-bond acceptors (Lipinski definition) is 3. The van der Waals surface area contributed by atoms with E-state index < -0.39 is 0 Å². The van der Waals surface area contributed by atoms with Gasteiger partial charge in [-0.05, 0) is 73.4 Å². The van der Waals surface area contributed by atoms with E-state index in [1.165, 1.54) is 0 Å². The van der Waals surface area contributed by atoms with E-state index in [0.29, 0.717) is 22.7 Å². The van der Waals surface area contributed by atoms with Crippen molar-refractivity contribution < 1.29 is 14.3 Å². The van der Waals surface area contributed by atoms with E-state index in [2.05, 4.69) is 17.6 Å². The quantitative estimate of drug-likeness (QED) is 0.575. The average molecular weight is 402 g/mol. The monoisotopic (exact) mass is 402 g/mol. The van der Waals surface area contributed by atoms with Gasteiger partial charge < -0.3 is 15.4 Å². The summed E-state index contributed by atoms with van der Waals surface area (Å²) in [7, 11) is 0. The van der Waals surface area contributed by atoms with Gasteiger partial charge in [-0.15, -0.1) is 0 Å². The molecule has 0 aliphatic carbocycles. The molecule has 2 N–H and O–H groups in total. The molecule has 0 aliphatic heterocycles. The Morgan fingerprint density at radius 2 is 1.67 bits per heavy atom. The summed E-state index contributed by atoms with van der Waals surface area (Å²) in [4.78, 5) is 25.2. The number of amides is 2. The van der Waals surface area contributed by atoms with Crippen LogP contribution in [0.4, 0.5) is 11.4 Å². The molecular weight excluding hydrogens is 376 g/mol. The molecule has 0 spiro atoms. The number of hydrogen-bond donors (Lipinski definition) is 2. The first-order chi connectivity index (χ1) is 14.5. The first-order valence-corrected chi connectivity index (χ1v) is 9.95. The van der Waals surface area contributed by atoms with Crippen LogP contribution in [-0.2, 0) is 11.2 Å². The highest BCUT2D eigenvalue weighted by molar-refractivity contribution is 6.10. The van der Waals surface area contributed by atoms with E-state index in [-0.39, 0.29) is 18.4 Å². The van der Waals surface area contributed by atoms with Crippen molar-refractivity contribution in [2.45, 2.75) is 27.2 Å². The molecule has 3 aromatic rings. The third-order valence-corrected chi connectivity index (χ3v) is 4.89. The summed E-state index contributed by atoms with van der Waals surface area (Å²) in [5.41, 5.74) is 4.93. The first-order valence-electron chi connectivity index (χ1n) is 9.95. The smallest absolute Gasteiger partial charge is 0.262 e. The summed E-state index contributed by atoms with van der Waals surface area (Å²) >= 11 is 0. The predicted octanol–water partition coefficient (Wildman–Crippen LogP) is 5.14. The van der Waals surface area contributed by atoms with Crippen LogP contribution >= 0.6 is 0 Å². The first kappa shape index (κ1) is 21.1. The third-order valence-electron chi connectivity index (χ3n) is 4.89. The molecule has 0 aliphatic rings. The number of ether oxygens (including phenoxy) is 1. The molecule has 0 unspecified atom stereocenters. The van der Waals surface area contributed by atoms with Gasteiger partial charge in [0.1, 0.15) is 5.75 Å². The fourth-order valence-corrected chi connectivity index (χ4v) is 3.00. The maximum atomic E-state index is 12.8. The molecule has 2 amide bonds. The standard InChI is InChI=1S/C25H26N2O3/c1-4-19-8-7-9-21(15-19)30-16-24(28)27-23-11-6-5-10-22(23)25(29)26-20-13-12-17(2)18(3)14-20/h5-15H,4,16H2,1-3H3,(H,26,29)(H,27,28). The summed E-state index contributed by atoms with van der Waals surface area (Å²) in [6.45, 7) is 5.94. The van der Waals surface area contributed by atoms with Crippen LogP contribution in [0.1, 0.15) is 34.0 Å². The summed E-state index contributed by atoms with van der Waals surface area (Å²) in [6.07, 6.45) is 0.895. The van der Waals surface area contributed by atoms with Crippen LogP contribution in [0, 0.1) is 13.8 Å². The summed E-state index contributed by atoms with van der Waals surface area (Å²) in [5.74, 6) is 0.0271. The van der Waals surface area contributed by atoms with Gasteiger partial charge in [0, 0.05) is 5.69 Å². The lowest BCUT2D eigenvalue weighted by atomic mass is 10.1. The van der Waals surface area contributed by atoms with E-state index in [0.717, 1.165) is 23.1 Å². The van der Waals surface area contributed by atoms with E-state index in [1.807, 2.05) is 56.3 Å². The van der Waals surface area contributed by atoms with Crippen LogP contribution in [0.5, 0.6) is 5.75 Å². The topological polar surface area (TPSA) is 67.4 Å². The lowest BCUT2D eigenvalue weighted by Crippen LogP contribution is -2.22. The zero-order chi connectivity index (χ0) is 21.5. The minimum atomic E-state index is -0.330. The SMILES string of the molecule is CCc1cccc(OCC(=O)Nc2ccccc2C(=O)Nc2ccc(C)c(C)c2)c1. The van der Waals surface area contributed by atoms with Crippen LogP contribution < -0.4 is 15.4 Å². The van der Waals surface area contributed by atoms with Crippen molar-refractivity contribution in [1.82, 2.24) is 0 Å². The molecule has 0 bridgehead atoms. The van der Waals surface area contributed by atoms with Crippen LogP contribution in [0.15, 0.2) is 66.7 Å². The van der Waals surface area contributed by atoms with Gasteiger partial charge in [0.05, 0.1) is 11.3 Å². The third kappa shape index (κ3) is 5.47. The molecule has 0 aromatic heterocycles. The van der Waals surface area contributed by atoms with Crippen molar-refractivity contribution in [3.8, 4) is 5.75 Å². The Morgan fingerprint density at radius 3 is 2.43 bits per heavy atom. The Bertz CT molecular complexity index is 1060. The minimum absolute atomic E-state index is 0.139. The second-order valence-electron chi connectivity index (χ2n) is 7.14. The van der Waals surface area contributed by atoms with Crippen LogP contribution in [0.3, 0.4) is 0 Å². The van der Waals surface area contributed by atoms with Crippen molar-refractivity contribution >= 4 is 23.2 Å². The Labute approximate surface area is 177 Å². The molecule has 0 radical (unpaired) electrons. The molecule has 154 valence electrons.